The summed E-state index contributed by atoms with van der Waals surface area (Å²) < 4.78 is 18.4. The first-order valence-corrected chi connectivity index (χ1v) is 9.65. The fourth-order valence-corrected chi connectivity index (χ4v) is 3.37. The molecule has 0 radical (unpaired) electrons. The quantitative estimate of drug-likeness (QED) is 0.651. The van der Waals surface area contributed by atoms with Gasteiger partial charge in [0.2, 0.25) is 11.7 Å². The Balaban J connectivity index is 1.53. The molecule has 0 atom stereocenters. The molecule has 0 saturated carbocycles. The number of carbonyl (C=O) groups excluding carboxylic acids is 1. The van der Waals surface area contributed by atoms with Crippen LogP contribution in [0.4, 0.5) is 5.69 Å². The van der Waals surface area contributed by atoms with E-state index in [1.807, 2.05) is 54.9 Å². The van der Waals surface area contributed by atoms with Gasteiger partial charge in [0, 0.05) is 6.08 Å². The van der Waals surface area contributed by atoms with E-state index in [0.29, 0.717) is 36.1 Å². The van der Waals surface area contributed by atoms with E-state index in [9.17, 15) is 4.79 Å². The minimum Gasteiger partial charge on any atom is -0.493 e. The number of hydrogen-bond acceptors (Lipinski definition) is 5. The summed E-state index contributed by atoms with van der Waals surface area (Å²) >= 11 is 0. The van der Waals surface area contributed by atoms with E-state index in [2.05, 4.69) is 10.4 Å². The van der Waals surface area contributed by atoms with Gasteiger partial charge in [0.25, 0.3) is 0 Å². The van der Waals surface area contributed by atoms with E-state index in [0.717, 1.165) is 22.6 Å². The summed E-state index contributed by atoms with van der Waals surface area (Å²) in [4.78, 5) is 12.6. The number of methoxy groups -OCH3 is 1. The largest absolute Gasteiger partial charge is 0.493 e. The second-order valence-electron chi connectivity index (χ2n) is 6.86. The highest BCUT2D eigenvalue weighted by molar-refractivity contribution is 6.02. The Kier molecular flexibility index (Phi) is 5.43. The Morgan fingerprint density at radius 3 is 2.70 bits per heavy atom. The van der Waals surface area contributed by atoms with Crippen molar-refractivity contribution in [3.8, 4) is 22.9 Å². The van der Waals surface area contributed by atoms with Crippen molar-refractivity contribution < 1.29 is 19.0 Å². The van der Waals surface area contributed by atoms with Crippen LogP contribution in [0.3, 0.4) is 0 Å². The van der Waals surface area contributed by atoms with Crippen molar-refractivity contribution in [1.29, 1.82) is 0 Å². The lowest BCUT2D eigenvalue weighted by Crippen LogP contribution is -2.16. The molecule has 0 fully saturated rings. The van der Waals surface area contributed by atoms with E-state index in [-0.39, 0.29) is 5.91 Å². The Morgan fingerprint density at radius 2 is 1.93 bits per heavy atom. The lowest BCUT2D eigenvalue weighted by molar-refractivity contribution is -0.111. The molecule has 0 spiro atoms. The third-order valence-corrected chi connectivity index (χ3v) is 4.82. The predicted octanol–water partition coefficient (Wildman–Crippen LogP) is 3.92. The molecule has 30 heavy (non-hydrogen) atoms. The SMILES string of the molecule is COc1cc(/C=C/C(=O)Nc2c(C)nn(-c3ccccc3)c2C)cc2c1OCCO2. The number of benzene rings is 2. The molecular formula is C23H23N3O4. The molecule has 1 amide bonds. The summed E-state index contributed by atoms with van der Waals surface area (Å²) in [7, 11) is 1.57. The van der Waals surface area contributed by atoms with Crippen LogP contribution in [0.2, 0.25) is 0 Å². The average Bonchev–Trinajstić information content (AvgIpc) is 3.06. The van der Waals surface area contributed by atoms with Crippen LogP contribution in [-0.2, 0) is 4.79 Å². The average molecular weight is 405 g/mol. The van der Waals surface area contributed by atoms with Gasteiger partial charge in [-0.1, -0.05) is 18.2 Å². The van der Waals surface area contributed by atoms with Crippen molar-refractivity contribution in [2.75, 3.05) is 25.6 Å². The number of anilines is 1. The lowest BCUT2D eigenvalue weighted by Gasteiger charge is -2.20. The summed E-state index contributed by atoms with van der Waals surface area (Å²) in [6.45, 7) is 4.76. The van der Waals surface area contributed by atoms with Gasteiger partial charge in [-0.2, -0.15) is 5.10 Å². The van der Waals surface area contributed by atoms with Gasteiger partial charge in [-0.15, -0.1) is 0 Å². The van der Waals surface area contributed by atoms with Gasteiger partial charge in [-0.3, -0.25) is 4.79 Å². The van der Waals surface area contributed by atoms with E-state index in [1.165, 1.54) is 6.08 Å². The van der Waals surface area contributed by atoms with Crippen molar-refractivity contribution in [2.45, 2.75) is 13.8 Å². The van der Waals surface area contributed by atoms with Crippen LogP contribution in [-0.4, -0.2) is 36.0 Å². The Hall–Kier alpha value is -3.74. The van der Waals surface area contributed by atoms with Crippen LogP contribution in [0.15, 0.2) is 48.5 Å². The molecule has 7 heteroatoms. The molecule has 7 nitrogen and oxygen atoms in total. The molecule has 0 unspecified atom stereocenters. The maximum absolute atomic E-state index is 12.6. The summed E-state index contributed by atoms with van der Waals surface area (Å²) in [6, 6.07) is 13.4. The van der Waals surface area contributed by atoms with Crippen molar-refractivity contribution in [3.05, 3.63) is 65.5 Å². The maximum atomic E-state index is 12.6. The highest BCUT2D eigenvalue weighted by atomic mass is 16.6. The van der Waals surface area contributed by atoms with Gasteiger partial charge in [-0.05, 0) is 49.8 Å². The number of nitrogens with zero attached hydrogens (tertiary/aromatic N) is 2. The van der Waals surface area contributed by atoms with Crippen molar-refractivity contribution in [3.63, 3.8) is 0 Å². The van der Waals surface area contributed by atoms with Gasteiger partial charge >= 0.3 is 0 Å². The summed E-state index contributed by atoms with van der Waals surface area (Å²) in [5.74, 6) is 1.52. The lowest BCUT2D eigenvalue weighted by atomic mass is 10.1. The number of para-hydroxylation sites is 1. The van der Waals surface area contributed by atoms with Gasteiger partial charge in [0.15, 0.2) is 11.5 Å². The van der Waals surface area contributed by atoms with Crippen LogP contribution < -0.4 is 19.5 Å². The molecule has 2 heterocycles. The van der Waals surface area contributed by atoms with E-state index in [4.69, 9.17) is 14.2 Å². The number of amides is 1. The standard InChI is InChI=1S/C23H23N3O4/c1-15-22(16(2)26(25-15)18-7-5-4-6-8-18)24-21(27)10-9-17-13-19(28-3)23-20(14-17)29-11-12-30-23/h4-10,13-14H,11-12H2,1-3H3,(H,24,27)/b10-9+. The van der Waals surface area contributed by atoms with E-state index >= 15 is 0 Å². The minimum absolute atomic E-state index is 0.248. The highest BCUT2D eigenvalue weighted by Crippen LogP contribution is 2.40. The van der Waals surface area contributed by atoms with Gasteiger partial charge in [-0.25, -0.2) is 4.68 Å². The molecule has 1 aromatic heterocycles. The number of carbonyl (C=O) groups is 1. The Labute approximate surface area is 174 Å². The van der Waals surface area contributed by atoms with Crippen LogP contribution >= 0.6 is 0 Å². The van der Waals surface area contributed by atoms with Gasteiger partial charge in [0.1, 0.15) is 13.2 Å². The van der Waals surface area contributed by atoms with Crippen molar-refractivity contribution >= 4 is 17.7 Å². The molecule has 2 aromatic carbocycles. The summed E-state index contributed by atoms with van der Waals surface area (Å²) in [5.41, 5.74) is 4.03. The first-order valence-electron chi connectivity index (χ1n) is 9.65. The first kappa shape index (κ1) is 19.6. The number of ether oxygens (including phenoxy) is 3. The van der Waals surface area contributed by atoms with Crippen LogP contribution in [0.25, 0.3) is 11.8 Å². The second-order valence-corrected chi connectivity index (χ2v) is 6.86. The zero-order valence-electron chi connectivity index (χ0n) is 17.1. The minimum atomic E-state index is -0.248. The molecule has 1 aliphatic heterocycles. The summed E-state index contributed by atoms with van der Waals surface area (Å²) in [6.07, 6.45) is 3.19. The van der Waals surface area contributed by atoms with Crippen LogP contribution in [0, 0.1) is 13.8 Å². The molecule has 3 aromatic rings. The normalized spacial score (nSPS) is 12.8. The molecule has 154 valence electrons. The molecule has 1 aliphatic rings. The van der Waals surface area contributed by atoms with Crippen molar-refractivity contribution in [1.82, 2.24) is 9.78 Å². The Morgan fingerprint density at radius 1 is 1.17 bits per heavy atom. The zero-order valence-corrected chi connectivity index (χ0v) is 17.1. The number of nitrogens with one attached hydrogen (secondary N) is 1. The monoisotopic (exact) mass is 405 g/mol. The van der Waals surface area contributed by atoms with Gasteiger partial charge < -0.3 is 19.5 Å². The third-order valence-electron chi connectivity index (χ3n) is 4.82. The highest BCUT2D eigenvalue weighted by Gasteiger charge is 2.18. The zero-order chi connectivity index (χ0) is 21.1. The smallest absolute Gasteiger partial charge is 0.248 e. The molecule has 0 bridgehead atoms. The number of aromatic nitrogens is 2. The fraction of sp³-hybridized carbons (Fsp3) is 0.217. The van der Waals surface area contributed by atoms with Gasteiger partial charge in [0.05, 0.1) is 29.9 Å². The number of rotatable bonds is 5. The fourth-order valence-electron chi connectivity index (χ4n) is 3.37. The molecule has 1 N–H and O–H groups in total. The first-order chi connectivity index (χ1) is 14.6. The number of fused-ring (bicyclic) bond motifs is 1. The number of hydrogen-bond donors (Lipinski definition) is 1. The molecule has 4 rings (SSSR count). The van der Waals surface area contributed by atoms with Crippen molar-refractivity contribution in [2.24, 2.45) is 0 Å². The van der Waals surface area contributed by atoms with E-state index in [1.54, 1.807) is 19.3 Å². The molecular weight excluding hydrogens is 382 g/mol. The topological polar surface area (TPSA) is 74.6 Å². The predicted molar refractivity (Wildman–Crippen MR) is 115 cm³/mol. The number of aryl methyl sites for hydroxylation is 1. The molecule has 0 saturated heterocycles. The van der Waals surface area contributed by atoms with Crippen LogP contribution in [0.5, 0.6) is 17.2 Å². The van der Waals surface area contributed by atoms with Crippen LogP contribution in [0.1, 0.15) is 17.0 Å². The molecule has 0 aliphatic carbocycles. The van der Waals surface area contributed by atoms with E-state index < -0.39 is 0 Å². The maximum Gasteiger partial charge on any atom is 0.248 e. The third kappa shape index (κ3) is 3.87. The Bertz CT molecular complexity index is 1090. The summed E-state index contributed by atoms with van der Waals surface area (Å²) in [5, 5.41) is 7.49. The second kappa shape index (κ2) is 8.32.